The Hall–Kier alpha value is -1.65. The van der Waals surface area contributed by atoms with Crippen molar-refractivity contribution in [3.05, 3.63) is 41.5 Å². The van der Waals surface area contributed by atoms with Crippen LogP contribution >= 0.6 is 0 Å². The number of carbonyl (C=O) groups is 1. The van der Waals surface area contributed by atoms with Crippen molar-refractivity contribution in [3.8, 4) is 0 Å². The SMILES string of the molecule is O=C(NC[C@H]1N[C@H](CO)[C@@H]1c1ccc(C2=CCCC2)cc1)C1CCC1. The highest BCUT2D eigenvalue weighted by atomic mass is 16.3. The number of rotatable bonds is 6. The summed E-state index contributed by atoms with van der Waals surface area (Å²) in [5.74, 6) is 0.687. The monoisotopic (exact) mass is 340 g/mol. The fraction of sp³-hybridized carbons (Fsp3) is 0.571. The standard InChI is InChI=1S/C21H28N2O2/c24-13-19-20(18(23-19)12-22-21(25)17-6-3-7-17)16-10-8-15(9-11-16)14-4-1-2-5-14/h4,8-11,17-20,23-24H,1-3,5-7,12-13H2,(H,22,25)/t18-,19-,20-/m1/s1. The maximum atomic E-state index is 12.1. The van der Waals surface area contributed by atoms with Gasteiger partial charge in [-0.3, -0.25) is 4.79 Å². The van der Waals surface area contributed by atoms with Crippen LogP contribution in [0.5, 0.6) is 0 Å². The lowest BCUT2D eigenvalue weighted by Crippen LogP contribution is -2.65. The Morgan fingerprint density at radius 1 is 1.16 bits per heavy atom. The molecule has 4 rings (SSSR count). The molecule has 3 aliphatic rings. The third kappa shape index (κ3) is 3.38. The fourth-order valence-electron chi connectivity index (χ4n) is 4.34. The van der Waals surface area contributed by atoms with E-state index in [1.165, 1.54) is 42.4 Å². The molecule has 0 bridgehead atoms. The van der Waals surface area contributed by atoms with Crippen LogP contribution in [0, 0.1) is 5.92 Å². The molecule has 134 valence electrons. The molecule has 1 saturated heterocycles. The van der Waals surface area contributed by atoms with Crippen molar-refractivity contribution in [2.75, 3.05) is 13.2 Å². The van der Waals surface area contributed by atoms with Crippen LogP contribution in [0.3, 0.4) is 0 Å². The van der Waals surface area contributed by atoms with Gasteiger partial charge in [0.05, 0.1) is 6.61 Å². The third-order valence-electron chi connectivity index (χ3n) is 6.17. The van der Waals surface area contributed by atoms with Crippen LogP contribution in [0.2, 0.25) is 0 Å². The molecule has 25 heavy (non-hydrogen) atoms. The van der Waals surface area contributed by atoms with Gasteiger partial charge in [-0.2, -0.15) is 0 Å². The molecule has 3 N–H and O–H groups in total. The first-order valence-corrected chi connectivity index (χ1v) is 9.70. The summed E-state index contributed by atoms with van der Waals surface area (Å²) in [7, 11) is 0. The minimum atomic E-state index is 0.0853. The van der Waals surface area contributed by atoms with Crippen molar-refractivity contribution in [1.82, 2.24) is 10.6 Å². The molecule has 1 amide bonds. The quantitative estimate of drug-likeness (QED) is 0.746. The molecule has 0 aromatic heterocycles. The van der Waals surface area contributed by atoms with Crippen LogP contribution in [0.1, 0.15) is 55.6 Å². The Kier molecular flexibility index (Phi) is 4.91. The topological polar surface area (TPSA) is 61.4 Å². The van der Waals surface area contributed by atoms with Crippen LogP contribution in [-0.4, -0.2) is 36.2 Å². The Labute approximate surface area is 149 Å². The van der Waals surface area contributed by atoms with Crippen LogP contribution in [0.4, 0.5) is 0 Å². The highest BCUT2D eigenvalue weighted by Gasteiger charge is 2.41. The van der Waals surface area contributed by atoms with Crippen LogP contribution < -0.4 is 10.6 Å². The zero-order chi connectivity index (χ0) is 17.2. The van der Waals surface area contributed by atoms with E-state index in [1.54, 1.807) is 0 Å². The van der Waals surface area contributed by atoms with Gasteiger partial charge in [-0.05, 0) is 48.8 Å². The summed E-state index contributed by atoms with van der Waals surface area (Å²) < 4.78 is 0. The molecule has 0 unspecified atom stereocenters. The van der Waals surface area contributed by atoms with Gasteiger partial charge in [0.25, 0.3) is 0 Å². The molecule has 0 radical (unpaired) electrons. The number of amides is 1. The number of aliphatic hydroxyl groups excluding tert-OH is 1. The van der Waals surface area contributed by atoms with Gasteiger partial charge in [0.15, 0.2) is 0 Å². The van der Waals surface area contributed by atoms with E-state index in [9.17, 15) is 9.90 Å². The van der Waals surface area contributed by atoms with Crippen molar-refractivity contribution in [1.29, 1.82) is 0 Å². The molecular formula is C21H28N2O2. The molecule has 4 heteroatoms. The van der Waals surface area contributed by atoms with Crippen LogP contribution in [0.25, 0.3) is 5.57 Å². The van der Waals surface area contributed by atoms with E-state index in [2.05, 4.69) is 41.0 Å². The molecule has 1 aliphatic heterocycles. The summed E-state index contributed by atoms with van der Waals surface area (Å²) in [6.45, 7) is 0.772. The highest BCUT2D eigenvalue weighted by Crippen LogP contribution is 2.34. The number of allylic oxidation sites excluding steroid dienone is 2. The number of aliphatic hydroxyl groups is 1. The zero-order valence-electron chi connectivity index (χ0n) is 14.7. The molecule has 0 spiro atoms. The summed E-state index contributed by atoms with van der Waals surface area (Å²) in [5, 5.41) is 16.1. The average Bonchev–Trinajstić information content (AvgIpc) is 3.07. The van der Waals surface area contributed by atoms with Crippen molar-refractivity contribution in [2.45, 2.75) is 56.5 Å². The molecule has 2 aliphatic carbocycles. The van der Waals surface area contributed by atoms with Gasteiger partial charge < -0.3 is 15.7 Å². The maximum absolute atomic E-state index is 12.1. The minimum absolute atomic E-state index is 0.0853. The van der Waals surface area contributed by atoms with Crippen molar-refractivity contribution >= 4 is 11.5 Å². The number of carbonyl (C=O) groups excluding carboxylic acids is 1. The second kappa shape index (κ2) is 7.30. The Balaban J connectivity index is 1.39. The van der Waals surface area contributed by atoms with E-state index < -0.39 is 0 Å². The first kappa shape index (κ1) is 16.8. The summed E-state index contributed by atoms with van der Waals surface area (Å²) in [6.07, 6.45) is 9.22. The molecule has 4 nitrogen and oxygen atoms in total. The van der Waals surface area contributed by atoms with Crippen molar-refractivity contribution < 1.29 is 9.90 Å². The van der Waals surface area contributed by atoms with E-state index >= 15 is 0 Å². The van der Waals surface area contributed by atoms with Gasteiger partial charge in [0.2, 0.25) is 5.91 Å². The van der Waals surface area contributed by atoms with Gasteiger partial charge in [-0.15, -0.1) is 0 Å². The summed E-state index contributed by atoms with van der Waals surface area (Å²) >= 11 is 0. The number of benzene rings is 1. The van der Waals surface area contributed by atoms with Gasteiger partial charge in [-0.25, -0.2) is 0 Å². The second-order valence-corrected chi connectivity index (χ2v) is 7.70. The maximum Gasteiger partial charge on any atom is 0.223 e. The summed E-state index contributed by atoms with van der Waals surface area (Å²) in [4.78, 5) is 12.1. The number of hydrogen-bond donors (Lipinski definition) is 3. The normalized spacial score (nSPS) is 28.8. The first-order valence-electron chi connectivity index (χ1n) is 9.70. The fourth-order valence-corrected chi connectivity index (χ4v) is 4.34. The molecule has 1 aromatic rings. The van der Waals surface area contributed by atoms with E-state index in [-0.39, 0.29) is 36.4 Å². The average molecular weight is 340 g/mol. The van der Waals surface area contributed by atoms with Gasteiger partial charge in [0, 0.05) is 30.5 Å². The molecule has 1 heterocycles. The third-order valence-corrected chi connectivity index (χ3v) is 6.17. The Bertz CT molecular complexity index is 648. The predicted molar refractivity (Wildman–Crippen MR) is 99.2 cm³/mol. The number of hydrogen-bond acceptors (Lipinski definition) is 3. The molecule has 1 saturated carbocycles. The molecule has 3 atom stereocenters. The Morgan fingerprint density at radius 2 is 1.96 bits per heavy atom. The van der Waals surface area contributed by atoms with Crippen molar-refractivity contribution in [3.63, 3.8) is 0 Å². The van der Waals surface area contributed by atoms with Crippen molar-refractivity contribution in [2.24, 2.45) is 5.92 Å². The van der Waals surface area contributed by atoms with Gasteiger partial charge in [0.1, 0.15) is 0 Å². The highest BCUT2D eigenvalue weighted by molar-refractivity contribution is 5.79. The second-order valence-electron chi connectivity index (χ2n) is 7.70. The van der Waals surface area contributed by atoms with E-state index in [0.717, 1.165) is 12.8 Å². The first-order chi connectivity index (χ1) is 12.3. The predicted octanol–water partition coefficient (Wildman–Crippen LogP) is 2.59. The molecule has 1 aromatic carbocycles. The lowest BCUT2D eigenvalue weighted by atomic mass is 9.77. The number of nitrogens with one attached hydrogen (secondary N) is 2. The van der Waals surface area contributed by atoms with E-state index in [0.29, 0.717) is 6.54 Å². The molecular weight excluding hydrogens is 312 g/mol. The van der Waals surface area contributed by atoms with Gasteiger partial charge in [-0.1, -0.05) is 36.8 Å². The largest absolute Gasteiger partial charge is 0.395 e. The molecule has 2 fully saturated rings. The van der Waals surface area contributed by atoms with Gasteiger partial charge >= 0.3 is 0 Å². The van der Waals surface area contributed by atoms with E-state index in [4.69, 9.17) is 0 Å². The minimum Gasteiger partial charge on any atom is -0.395 e. The smallest absolute Gasteiger partial charge is 0.223 e. The van der Waals surface area contributed by atoms with Crippen LogP contribution in [0.15, 0.2) is 30.3 Å². The summed E-state index contributed by atoms with van der Waals surface area (Å²) in [6, 6.07) is 9.11. The van der Waals surface area contributed by atoms with Crippen LogP contribution in [-0.2, 0) is 4.79 Å². The lowest BCUT2D eigenvalue weighted by Gasteiger charge is -2.46. The Morgan fingerprint density at radius 3 is 2.56 bits per heavy atom. The zero-order valence-corrected chi connectivity index (χ0v) is 14.7. The summed E-state index contributed by atoms with van der Waals surface area (Å²) in [5.41, 5.74) is 4.04. The van der Waals surface area contributed by atoms with E-state index in [1.807, 2.05) is 0 Å². The lowest BCUT2D eigenvalue weighted by molar-refractivity contribution is -0.127.